The third-order valence-corrected chi connectivity index (χ3v) is 5.52. The molecule has 2 rings (SSSR count). The van der Waals surface area contributed by atoms with Gasteiger partial charge in [-0.2, -0.15) is 0 Å². The minimum absolute atomic E-state index is 0.0134. The zero-order valence-electron chi connectivity index (χ0n) is 17.5. The first-order valence-electron chi connectivity index (χ1n) is 9.39. The summed E-state index contributed by atoms with van der Waals surface area (Å²) >= 11 is 1.15. The lowest BCUT2D eigenvalue weighted by atomic mass is 9.98. The lowest BCUT2D eigenvalue weighted by Gasteiger charge is -2.10. The number of nitrogens with one attached hydrogen (secondary N) is 1. The molecule has 0 aromatic heterocycles. The predicted octanol–water partition coefficient (Wildman–Crippen LogP) is 4.33. The number of thioether (sulfide) groups is 1. The van der Waals surface area contributed by atoms with E-state index in [0.717, 1.165) is 45.3 Å². The van der Waals surface area contributed by atoms with E-state index in [0.29, 0.717) is 5.56 Å². The summed E-state index contributed by atoms with van der Waals surface area (Å²) < 4.78 is 5.07. The van der Waals surface area contributed by atoms with E-state index < -0.39 is 5.97 Å². The average Bonchev–Trinajstić information content (AvgIpc) is 2.65. The molecule has 0 atom stereocenters. The fraction of sp³-hybridized carbons (Fsp3) is 0.348. The number of benzene rings is 2. The fourth-order valence-corrected chi connectivity index (χ4v) is 3.50. The maximum Gasteiger partial charge on any atom is 0.316 e. The smallest absolute Gasteiger partial charge is 0.316 e. The lowest BCUT2D eigenvalue weighted by Crippen LogP contribution is -2.19. The van der Waals surface area contributed by atoms with E-state index in [-0.39, 0.29) is 29.8 Å². The van der Waals surface area contributed by atoms with Crippen molar-refractivity contribution in [1.29, 1.82) is 0 Å². The highest BCUT2D eigenvalue weighted by atomic mass is 32.2. The summed E-state index contributed by atoms with van der Waals surface area (Å²) in [6.45, 7) is 9.43. The molecule has 0 aliphatic rings. The van der Waals surface area contributed by atoms with E-state index in [1.54, 1.807) is 0 Å². The Labute approximate surface area is 176 Å². The Balaban J connectivity index is 1.75. The van der Waals surface area contributed by atoms with E-state index in [1.807, 2.05) is 65.0 Å². The Morgan fingerprint density at radius 3 is 2.24 bits per heavy atom. The topological polar surface area (TPSA) is 72.5 Å². The van der Waals surface area contributed by atoms with Crippen LogP contribution >= 0.6 is 11.8 Å². The molecule has 0 bridgehead atoms. The summed E-state index contributed by atoms with van der Waals surface area (Å²) in [6.07, 6.45) is 0. The van der Waals surface area contributed by atoms with Crippen molar-refractivity contribution in [2.24, 2.45) is 0 Å². The number of anilines is 1. The summed E-state index contributed by atoms with van der Waals surface area (Å²) in [5.41, 5.74) is 6.46. The van der Waals surface area contributed by atoms with Gasteiger partial charge in [0.25, 0.3) is 0 Å². The molecule has 6 heteroatoms. The zero-order chi connectivity index (χ0) is 21.6. The molecule has 29 heavy (non-hydrogen) atoms. The van der Waals surface area contributed by atoms with Gasteiger partial charge in [-0.05, 0) is 69.0 Å². The minimum Gasteiger partial charge on any atom is -0.457 e. The van der Waals surface area contributed by atoms with E-state index in [2.05, 4.69) is 5.32 Å². The van der Waals surface area contributed by atoms with Crippen LogP contribution < -0.4 is 5.32 Å². The normalized spacial score (nSPS) is 10.5. The highest BCUT2D eigenvalue weighted by Crippen LogP contribution is 2.17. The summed E-state index contributed by atoms with van der Waals surface area (Å²) in [5, 5.41) is 2.83. The summed E-state index contributed by atoms with van der Waals surface area (Å²) in [5.74, 6) is -0.774. The van der Waals surface area contributed by atoms with Gasteiger partial charge in [0.2, 0.25) is 11.7 Å². The summed E-state index contributed by atoms with van der Waals surface area (Å²) in [7, 11) is 0. The molecule has 0 unspecified atom stereocenters. The number of amides is 1. The van der Waals surface area contributed by atoms with Gasteiger partial charge in [-0.3, -0.25) is 14.4 Å². The van der Waals surface area contributed by atoms with E-state index in [4.69, 9.17) is 4.74 Å². The number of aryl methyl sites for hydroxylation is 5. The van der Waals surface area contributed by atoms with Crippen LogP contribution in [0.1, 0.15) is 38.2 Å². The highest BCUT2D eigenvalue weighted by Gasteiger charge is 2.14. The molecule has 5 nitrogen and oxygen atoms in total. The van der Waals surface area contributed by atoms with Crippen molar-refractivity contribution < 1.29 is 19.1 Å². The van der Waals surface area contributed by atoms with Crippen LogP contribution in [0.3, 0.4) is 0 Å². The molecule has 0 saturated heterocycles. The second-order valence-electron chi connectivity index (χ2n) is 7.19. The number of hydrogen-bond donors (Lipinski definition) is 1. The number of ketones is 1. The Kier molecular flexibility index (Phi) is 8.02. The van der Waals surface area contributed by atoms with Crippen LogP contribution in [0.5, 0.6) is 0 Å². The first kappa shape index (κ1) is 22.7. The Bertz CT molecular complexity index is 937. The van der Waals surface area contributed by atoms with E-state index in [9.17, 15) is 14.4 Å². The third-order valence-electron chi connectivity index (χ3n) is 4.61. The van der Waals surface area contributed by atoms with Gasteiger partial charge in [0, 0.05) is 11.3 Å². The highest BCUT2D eigenvalue weighted by molar-refractivity contribution is 8.00. The number of ether oxygens (including phenoxy) is 1. The van der Waals surface area contributed by atoms with Gasteiger partial charge in [0.05, 0.1) is 11.5 Å². The van der Waals surface area contributed by atoms with Gasteiger partial charge in [-0.15, -0.1) is 11.8 Å². The molecular formula is C23H27NO4S. The van der Waals surface area contributed by atoms with Crippen LogP contribution in [0.15, 0.2) is 30.3 Å². The molecule has 2 aromatic rings. The Hall–Kier alpha value is -2.60. The average molecular weight is 414 g/mol. The van der Waals surface area contributed by atoms with Crippen molar-refractivity contribution in [3.05, 3.63) is 63.7 Å². The fourth-order valence-electron chi connectivity index (χ4n) is 2.89. The van der Waals surface area contributed by atoms with Crippen LogP contribution in [-0.2, 0) is 14.3 Å². The van der Waals surface area contributed by atoms with Gasteiger partial charge in [-0.1, -0.05) is 23.8 Å². The number of carbonyl (C=O) groups excluding carboxylic acids is 3. The zero-order valence-corrected chi connectivity index (χ0v) is 18.4. The number of Topliss-reactive ketones (excluding diaryl/α,β-unsaturated/α-hetero) is 1. The maximum absolute atomic E-state index is 12.3. The van der Waals surface area contributed by atoms with Crippen LogP contribution in [0.4, 0.5) is 5.69 Å². The van der Waals surface area contributed by atoms with E-state index in [1.165, 1.54) is 0 Å². The van der Waals surface area contributed by atoms with Gasteiger partial charge in [0.15, 0.2) is 6.61 Å². The largest absolute Gasteiger partial charge is 0.457 e. The lowest BCUT2D eigenvalue weighted by molar-refractivity contribution is -0.139. The van der Waals surface area contributed by atoms with Crippen molar-refractivity contribution in [3.8, 4) is 0 Å². The van der Waals surface area contributed by atoms with E-state index >= 15 is 0 Å². The first-order chi connectivity index (χ1) is 13.7. The second-order valence-corrected chi connectivity index (χ2v) is 8.18. The first-order valence-corrected chi connectivity index (χ1v) is 10.5. The predicted molar refractivity (Wildman–Crippen MR) is 118 cm³/mol. The second kappa shape index (κ2) is 10.3. The molecule has 0 saturated carbocycles. The standard InChI is InChI=1S/C23H27NO4S/c1-14-6-7-20(18(5)8-14)24-22(26)12-29-13-23(27)28-11-21(25)19-10-16(3)15(2)9-17(19)4/h6-10H,11-13H2,1-5H3,(H,24,26). The van der Waals surface area contributed by atoms with Crippen molar-refractivity contribution >= 4 is 35.1 Å². The number of carbonyl (C=O) groups is 3. The molecule has 0 radical (unpaired) electrons. The quantitative estimate of drug-likeness (QED) is 0.515. The van der Waals surface area contributed by atoms with Crippen LogP contribution in [0, 0.1) is 34.6 Å². The van der Waals surface area contributed by atoms with Crippen LogP contribution in [0.2, 0.25) is 0 Å². The van der Waals surface area contributed by atoms with Gasteiger partial charge in [-0.25, -0.2) is 0 Å². The number of esters is 1. The molecule has 2 aromatic carbocycles. The van der Waals surface area contributed by atoms with Gasteiger partial charge >= 0.3 is 5.97 Å². The van der Waals surface area contributed by atoms with Crippen LogP contribution in [-0.4, -0.2) is 35.8 Å². The molecule has 154 valence electrons. The number of rotatable bonds is 8. The van der Waals surface area contributed by atoms with Crippen LogP contribution in [0.25, 0.3) is 0 Å². The Morgan fingerprint density at radius 1 is 0.862 bits per heavy atom. The van der Waals surface area contributed by atoms with Crippen molar-refractivity contribution in [2.45, 2.75) is 34.6 Å². The molecule has 1 N–H and O–H groups in total. The molecule has 0 heterocycles. The summed E-state index contributed by atoms with van der Waals surface area (Å²) in [4.78, 5) is 36.3. The van der Waals surface area contributed by atoms with Crippen molar-refractivity contribution in [1.82, 2.24) is 0 Å². The SMILES string of the molecule is Cc1ccc(NC(=O)CSCC(=O)OCC(=O)c2cc(C)c(C)cc2C)c(C)c1. The molecule has 0 fully saturated rings. The maximum atomic E-state index is 12.3. The van der Waals surface area contributed by atoms with Gasteiger partial charge < -0.3 is 10.1 Å². The Morgan fingerprint density at radius 2 is 1.55 bits per heavy atom. The molecule has 0 aliphatic carbocycles. The minimum atomic E-state index is -0.510. The third kappa shape index (κ3) is 6.75. The number of hydrogen-bond acceptors (Lipinski definition) is 5. The summed E-state index contributed by atoms with van der Waals surface area (Å²) in [6, 6.07) is 9.57. The van der Waals surface area contributed by atoms with Crippen molar-refractivity contribution in [2.75, 3.05) is 23.4 Å². The monoisotopic (exact) mass is 413 g/mol. The molecule has 0 aliphatic heterocycles. The van der Waals surface area contributed by atoms with Gasteiger partial charge in [0.1, 0.15) is 0 Å². The molecule has 0 spiro atoms. The van der Waals surface area contributed by atoms with Crippen molar-refractivity contribution in [3.63, 3.8) is 0 Å². The molecule has 1 amide bonds. The molecular weight excluding hydrogens is 386 g/mol.